The summed E-state index contributed by atoms with van der Waals surface area (Å²) in [6.07, 6.45) is 1.89. The molecule has 0 aliphatic heterocycles. The smallest absolute Gasteiger partial charge is 0.181 e. The second-order valence-corrected chi connectivity index (χ2v) is 5.06. The zero-order valence-corrected chi connectivity index (χ0v) is 11.5. The number of fused-ring (bicyclic) bond motifs is 1. The van der Waals surface area contributed by atoms with Gasteiger partial charge in [0, 0.05) is 33.7 Å². The molecule has 1 aromatic carbocycles. The van der Waals surface area contributed by atoms with Crippen molar-refractivity contribution in [1.29, 1.82) is 0 Å². The molecule has 2 N–H and O–H groups in total. The minimum Gasteiger partial charge on any atom is -0.347 e. The Morgan fingerprint density at radius 1 is 1.53 bits per heavy atom. The third-order valence-corrected chi connectivity index (χ3v) is 3.36. The number of Topliss-reactive ketones (excluding diaryl/α,β-unsaturated/α-hetero) is 1. The van der Waals surface area contributed by atoms with Crippen molar-refractivity contribution in [2.24, 2.45) is 5.73 Å². The van der Waals surface area contributed by atoms with Crippen molar-refractivity contribution in [3.8, 4) is 0 Å². The number of aryl methyl sites for hydroxylation is 1. The van der Waals surface area contributed by atoms with Crippen LogP contribution in [0.5, 0.6) is 0 Å². The minimum atomic E-state index is -0.463. The molecule has 4 heteroatoms. The SMILES string of the molecule is CCn1cc(C(=O)C(C)N)c2ccc(Br)cc21. The van der Waals surface area contributed by atoms with Gasteiger partial charge in [-0.2, -0.15) is 0 Å². The molecule has 0 saturated heterocycles. The van der Waals surface area contributed by atoms with Crippen LogP contribution in [0.15, 0.2) is 28.9 Å². The molecule has 2 aromatic rings. The van der Waals surface area contributed by atoms with E-state index in [1.807, 2.05) is 24.4 Å². The van der Waals surface area contributed by atoms with Crippen LogP contribution < -0.4 is 5.73 Å². The van der Waals surface area contributed by atoms with Gasteiger partial charge in [-0.25, -0.2) is 0 Å². The van der Waals surface area contributed by atoms with E-state index >= 15 is 0 Å². The Morgan fingerprint density at radius 2 is 2.24 bits per heavy atom. The predicted octanol–water partition coefficient (Wildman–Crippen LogP) is 2.95. The Labute approximate surface area is 109 Å². The van der Waals surface area contributed by atoms with E-state index in [0.717, 1.165) is 21.9 Å². The number of carbonyl (C=O) groups excluding carboxylic acids is 1. The van der Waals surface area contributed by atoms with Gasteiger partial charge in [0.25, 0.3) is 0 Å². The van der Waals surface area contributed by atoms with E-state index in [1.165, 1.54) is 0 Å². The van der Waals surface area contributed by atoms with Crippen LogP contribution in [-0.4, -0.2) is 16.4 Å². The van der Waals surface area contributed by atoms with Gasteiger partial charge in [0.1, 0.15) is 0 Å². The minimum absolute atomic E-state index is 0.00970. The Kier molecular flexibility index (Phi) is 3.35. The summed E-state index contributed by atoms with van der Waals surface area (Å²) in [5.74, 6) is -0.00970. The number of benzene rings is 1. The first-order valence-corrected chi connectivity index (χ1v) is 6.42. The average Bonchev–Trinajstić information content (AvgIpc) is 2.65. The van der Waals surface area contributed by atoms with Crippen molar-refractivity contribution < 1.29 is 4.79 Å². The molecule has 0 aliphatic rings. The van der Waals surface area contributed by atoms with Crippen molar-refractivity contribution >= 4 is 32.6 Å². The normalized spacial score (nSPS) is 12.9. The van der Waals surface area contributed by atoms with Crippen LogP contribution in [0.3, 0.4) is 0 Å². The molecule has 1 atom stereocenters. The lowest BCUT2D eigenvalue weighted by Gasteiger charge is -2.02. The molecule has 1 heterocycles. The maximum Gasteiger partial charge on any atom is 0.181 e. The van der Waals surface area contributed by atoms with Gasteiger partial charge in [0.05, 0.1) is 6.04 Å². The number of nitrogens with two attached hydrogens (primary N) is 1. The standard InChI is InChI=1S/C13H15BrN2O/c1-3-16-7-11(13(17)8(2)15)10-5-4-9(14)6-12(10)16/h4-8H,3,15H2,1-2H3. The first kappa shape index (κ1) is 12.3. The number of halogens is 1. The third-order valence-electron chi connectivity index (χ3n) is 2.86. The molecule has 0 aliphatic carbocycles. The van der Waals surface area contributed by atoms with Gasteiger partial charge in [0.2, 0.25) is 0 Å². The molecule has 0 spiro atoms. The Hall–Kier alpha value is -1.13. The lowest BCUT2D eigenvalue weighted by Crippen LogP contribution is -2.26. The zero-order valence-electron chi connectivity index (χ0n) is 9.90. The van der Waals surface area contributed by atoms with E-state index in [0.29, 0.717) is 5.56 Å². The highest BCUT2D eigenvalue weighted by molar-refractivity contribution is 9.10. The van der Waals surface area contributed by atoms with Crippen LogP contribution in [-0.2, 0) is 6.54 Å². The number of nitrogens with zero attached hydrogens (tertiary/aromatic N) is 1. The molecular formula is C13H15BrN2O. The van der Waals surface area contributed by atoms with Gasteiger partial charge >= 0.3 is 0 Å². The van der Waals surface area contributed by atoms with Crippen LogP contribution in [0.25, 0.3) is 10.9 Å². The summed E-state index contributed by atoms with van der Waals surface area (Å²) < 4.78 is 3.08. The van der Waals surface area contributed by atoms with E-state index in [9.17, 15) is 4.79 Å². The molecule has 2 rings (SSSR count). The van der Waals surface area contributed by atoms with Gasteiger partial charge < -0.3 is 10.3 Å². The molecule has 0 bridgehead atoms. The van der Waals surface area contributed by atoms with Crippen LogP contribution in [0.4, 0.5) is 0 Å². The highest BCUT2D eigenvalue weighted by atomic mass is 79.9. The molecule has 1 unspecified atom stereocenters. The van der Waals surface area contributed by atoms with E-state index in [1.54, 1.807) is 6.92 Å². The first-order valence-electron chi connectivity index (χ1n) is 5.62. The summed E-state index contributed by atoms with van der Waals surface area (Å²) in [6.45, 7) is 4.61. The van der Waals surface area contributed by atoms with E-state index in [2.05, 4.69) is 27.4 Å². The first-order chi connectivity index (χ1) is 8.04. The largest absolute Gasteiger partial charge is 0.347 e. The second kappa shape index (κ2) is 4.63. The summed E-state index contributed by atoms with van der Waals surface area (Å²) in [6, 6.07) is 5.47. The van der Waals surface area contributed by atoms with Crippen LogP contribution in [0, 0.1) is 0 Å². The molecule has 0 amide bonds. The Bertz CT molecular complexity index is 572. The van der Waals surface area contributed by atoms with Gasteiger partial charge in [-0.15, -0.1) is 0 Å². The van der Waals surface area contributed by atoms with Crippen molar-refractivity contribution in [3.05, 3.63) is 34.4 Å². The number of hydrogen-bond donors (Lipinski definition) is 1. The molecule has 17 heavy (non-hydrogen) atoms. The van der Waals surface area contributed by atoms with Crippen molar-refractivity contribution in [1.82, 2.24) is 4.57 Å². The molecular weight excluding hydrogens is 280 g/mol. The predicted molar refractivity (Wildman–Crippen MR) is 73.3 cm³/mol. The molecule has 0 fully saturated rings. The number of ketones is 1. The third kappa shape index (κ3) is 2.15. The van der Waals surface area contributed by atoms with Gasteiger partial charge in [0.15, 0.2) is 5.78 Å². The molecule has 0 saturated carbocycles. The molecule has 3 nitrogen and oxygen atoms in total. The summed E-state index contributed by atoms with van der Waals surface area (Å²) in [5.41, 5.74) is 7.44. The average molecular weight is 295 g/mol. The molecule has 90 valence electrons. The Morgan fingerprint density at radius 3 is 2.82 bits per heavy atom. The number of aromatic nitrogens is 1. The lowest BCUT2D eigenvalue weighted by molar-refractivity contribution is 0.0969. The number of hydrogen-bond acceptors (Lipinski definition) is 2. The zero-order chi connectivity index (χ0) is 12.6. The van der Waals surface area contributed by atoms with Crippen LogP contribution in [0.2, 0.25) is 0 Å². The monoisotopic (exact) mass is 294 g/mol. The summed E-state index contributed by atoms with van der Waals surface area (Å²) >= 11 is 3.45. The van der Waals surface area contributed by atoms with Crippen molar-refractivity contribution in [2.45, 2.75) is 26.4 Å². The quantitative estimate of drug-likeness (QED) is 0.885. The van der Waals surface area contributed by atoms with Crippen LogP contribution >= 0.6 is 15.9 Å². The molecule has 1 aromatic heterocycles. The summed E-state index contributed by atoms with van der Waals surface area (Å²) in [7, 11) is 0. The fourth-order valence-corrected chi connectivity index (χ4v) is 2.32. The fourth-order valence-electron chi connectivity index (χ4n) is 1.97. The molecule has 0 radical (unpaired) electrons. The van der Waals surface area contributed by atoms with E-state index < -0.39 is 6.04 Å². The maximum absolute atomic E-state index is 12.0. The lowest BCUT2D eigenvalue weighted by atomic mass is 10.1. The van der Waals surface area contributed by atoms with E-state index in [-0.39, 0.29) is 5.78 Å². The fraction of sp³-hybridized carbons (Fsp3) is 0.308. The highest BCUT2D eigenvalue weighted by Gasteiger charge is 2.17. The maximum atomic E-state index is 12.0. The van der Waals surface area contributed by atoms with Crippen molar-refractivity contribution in [3.63, 3.8) is 0 Å². The van der Waals surface area contributed by atoms with E-state index in [4.69, 9.17) is 5.73 Å². The van der Waals surface area contributed by atoms with Crippen LogP contribution in [0.1, 0.15) is 24.2 Å². The van der Waals surface area contributed by atoms with Gasteiger partial charge in [-0.3, -0.25) is 4.79 Å². The van der Waals surface area contributed by atoms with Gasteiger partial charge in [-0.05, 0) is 26.0 Å². The highest BCUT2D eigenvalue weighted by Crippen LogP contribution is 2.25. The van der Waals surface area contributed by atoms with Gasteiger partial charge in [-0.1, -0.05) is 22.0 Å². The summed E-state index contributed by atoms with van der Waals surface area (Å²) in [5, 5.41) is 0.970. The second-order valence-electron chi connectivity index (χ2n) is 4.14. The summed E-state index contributed by atoms with van der Waals surface area (Å²) in [4.78, 5) is 12.0. The number of rotatable bonds is 3. The topological polar surface area (TPSA) is 48.0 Å². The number of carbonyl (C=O) groups is 1. The van der Waals surface area contributed by atoms with Crippen molar-refractivity contribution in [2.75, 3.05) is 0 Å². The Balaban J connectivity index is 2.69.